The topological polar surface area (TPSA) is 87.2 Å². The van der Waals surface area contributed by atoms with Crippen LogP contribution in [-0.2, 0) is 6.42 Å². The molecule has 5 rings (SSSR count). The van der Waals surface area contributed by atoms with E-state index in [2.05, 4.69) is 20.6 Å². The summed E-state index contributed by atoms with van der Waals surface area (Å²) in [6.07, 6.45) is 3.79. The molecule has 0 radical (unpaired) electrons. The summed E-state index contributed by atoms with van der Waals surface area (Å²) in [4.78, 5) is 34.1. The first-order chi connectivity index (χ1) is 16.9. The van der Waals surface area contributed by atoms with Crippen molar-refractivity contribution in [2.45, 2.75) is 13.3 Å². The zero-order valence-electron chi connectivity index (χ0n) is 19.9. The number of nitrogens with zero attached hydrogens (tertiary/aromatic N) is 3. The number of fused-ring (bicyclic) bond motifs is 2. The molecular formula is C28H27N5O2. The number of benzene rings is 2. The van der Waals surface area contributed by atoms with Crippen LogP contribution < -0.4 is 10.6 Å². The molecule has 0 bridgehead atoms. The second-order valence-corrected chi connectivity index (χ2v) is 8.32. The number of para-hydroxylation sites is 2. The van der Waals surface area contributed by atoms with Crippen molar-refractivity contribution in [2.24, 2.45) is 0 Å². The molecule has 1 amide bonds. The lowest BCUT2D eigenvalue weighted by molar-refractivity contribution is 0.0828. The van der Waals surface area contributed by atoms with Crippen LogP contribution >= 0.6 is 0 Å². The van der Waals surface area contributed by atoms with Crippen molar-refractivity contribution in [1.29, 1.82) is 0 Å². The molecule has 1 aliphatic heterocycles. The van der Waals surface area contributed by atoms with Gasteiger partial charge in [-0.15, -0.1) is 0 Å². The Kier molecular flexibility index (Phi) is 7.16. The minimum absolute atomic E-state index is 0.0656. The second kappa shape index (κ2) is 10.6. The fraction of sp³-hybridized carbons (Fsp3) is 0.143. The highest BCUT2D eigenvalue weighted by molar-refractivity contribution is 6.04. The van der Waals surface area contributed by atoms with Crippen molar-refractivity contribution in [2.75, 3.05) is 24.7 Å². The first-order valence-electron chi connectivity index (χ1n) is 11.3. The molecule has 0 fully saturated rings. The molecule has 4 aromatic rings. The van der Waals surface area contributed by atoms with E-state index in [1.54, 1.807) is 49.6 Å². The number of anilines is 4. The Morgan fingerprint density at radius 1 is 0.914 bits per heavy atom. The molecule has 176 valence electrons. The van der Waals surface area contributed by atoms with Crippen molar-refractivity contribution >= 4 is 34.7 Å². The van der Waals surface area contributed by atoms with E-state index in [1.807, 2.05) is 61.5 Å². The van der Waals surface area contributed by atoms with Gasteiger partial charge < -0.3 is 15.5 Å². The zero-order valence-corrected chi connectivity index (χ0v) is 19.9. The van der Waals surface area contributed by atoms with Crippen molar-refractivity contribution in [1.82, 2.24) is 14.9 Å². The Morgan fingerprint density at radius 2 is 1.63 bits per heavy atom. The Bertz CT molecular complexity index is 1370. The van der Waals surface area contributed by atoms with Crippen LogP contribution in [0.2, 0.25) is 0 Å². The van der Waals surface area contributed by atoms with E-state index in [9.17, 15) is 9.59 Å². The third-order valence-electron chi connectivity index (χ3n) is 5.57. The van der Waals surface area contributed by atoms with E-state index in [1.165, 1.54) is 0 Å². The fourth-order valence-corrected chi connectivity index (χ4v) is 3.68. The summed E-state index contributed by atoms with van der Waals surface area (Å²) in [5.41, 5.74) is 5.28. The summed E-state index contributed by atoms with van der Waals surface area (Å²) in [5, 5.41) is 6.42. The van der Waals surface area contributed by atoms with Gasteiger partial charge in [-0.2, -0.15) is 0 Å². The lowest BCUT2D eigenvalue weighted by Crippen LogP contribution is -2.23. The predicted octanol–water partition coefficient (Wildman–Crippen LogP) is 5.40. The van der Waals surface area contributed by atoms with Gasteiger partial charge in [0.05, 0.1) is 11.1 Å². The van der Waals surface area contributed by atoms with Crippen LogP contribution in [0.3, 0.4) is 0 Å². The van der Waals surface area contributed by atoms with Crippen LogP contribution in [-0.4, -0.2) is 40.7 Å². The average Bonchev–Trinajstić information content (AvgIpc) is 3.01. The van der Waals surface area contributed by atoms with Gasteiger partial charge in [-0.05, 0) is 54.4 Å². The molecule has 2 aromatic heterocycles. The Labute approximate surface area is 204 Å². The minimum atomic E-state index is -0.0656. The number of carbonyl (C=O) groups is 2. The maximum Gasteiger partial charge on any atom is 0.257 e. The summed E-state index contributed by atoms with van der Waals surface area (Å²) in [6.45, 7) is 2.01. The Balaban J connectivity index is 0.000000167. The number of hydrogen-bond donors (Lipinski definition) is 2. The predicted molar refractivity (Wildman–Crippen MR) is 139 cm³/mol. The zero-order chi connectivity index (χ0) is 24.8. The van der Waals surface area contributed by atoms with E-state index in [0.717, 1.165) is 22.5 Å². The molecule has 0 unspecified atom stereocenters. The van der Waals surface area contributed by atoms with Gasteiger partial charge in [-0.1, -0.05) is 36.4 Å². The number of amides is 1. The molecular weight excluding hydrogens is 438 g/mol. The number of pyridine rings is 2. The van der Waals surface area contributed by atoms with Gasteiger partial charge in [-0.25, -0.2) is 9.97 Å². The third kappa shape index (κ3) is 5.52. The summed E-state index contributed by atoms with van der Waals surface area (Å²) in [5.74, 6) is 1.28. The lowest BCUT2D eigenvalue weighted by Gasteiger charge is -2.15. The Hall–Kier alpha value is -4.52. The van der Waals surface area contributed by atoms with Gasteiger partial charge in [0.2, 0.25) is 0 Å². The number of Topliss-reactive ketones (excluding diaryl/α,β-unsaturated/α-hetero) is 1. The van der Waals surface area contributed by atoms with Crippen LogP contribution in [0.25, 0.3) is 0 Å². The van der Waals surface area contributed by atoms with Gasteiger partial charge in [0.15, 0.2) is 5.78 Å². The maximum absolute atomic E-state index is 12.1. The Morgan fingerprint density at radius 3 is 2.43 bits per heavy atom. The average molecular weight is 466 g/mol. The summed E-state index contributed by atoms with van der Waals surface area (Å²) < 4.78 is 0. The van der Waals surface area contributed by atoms with Crippen molar-refractivity contribution in [3.63, 3.8) is 0 Å². The molecule has 3 heterocycles. The third-order valence-corrected chi connectivity index (χ3v) is 5.57. The van der Waals surface area contributed by atoms with E-state index in [-0.39, 0.29) is 11.7 Å². The van der Waals surface area contributed by atoms with E-state index >= 15 is 0 Å². The van der Waals surface area contributed by atoms with Gasteiger partial charge in [0.25, 0.3) is 5.91 Å². The van der Waals surface area contributed by atoms with E-state index in [4.69, 9.17) is 0 Å². The quantitative estimate of drug-likeness (QED) is 0.421. The van der Waals surface area contributed by atoms with Crippen molar-refractivity contribution in [3.05, 3.63) is 107 Å². The number of hydrogen-bond acceptors (Lipinski definition) is 6. The minimum Gasteiger partial charge on any atom is -0.345 e. The van der Waals surface area contributed by atoms with Crippen LogP contribution in [0.1, 0.15) is 31.8 Å². The summed E-state index contributed by atoms with van der Waals surface area (Å²) in [6, 6.07) is 22.9. The molecule has 0 saturated carbocycles. The number of aromatic nitrogens is 2. The highest BCUT2D eigenvalue weighted by Crippen LogP contribution is 2.27. The SMILES string of the molecule is Cc1ccccc1Nc1ncccc1C(=O)N(C)C.O=C1Cc2ccccc2Nc2ncccc21. The van der Waals surface area contributed by atoms with Crippen LogP contribution in [0, 0.1) is 6.92 Å². The van der Waals surface area contributed by atoms with Gasteiger partial charge >= 0.3 is 0 Å². The summed E-state index contributed by atoms with van der Waals surface area (Å²) in [7, 11) is 3.46. The number of carbonyl (C=O) groups excluding carboxylic acids is 2. The van der Waals surface area contributed by atoms with Crippen molar-refractivity contribution in [3.8, 4) is 0 Å². The van der Waals surface area contributed by atoms with Crippen LogP contribution in [0.15, 0.2) is 85.2 Å². The van der Waals surface area contributed by atoms with Gasteiger partial charge in [0.1, 0.15) is 11.6 Å². The molecule has 2 N–H and O–H groups in total. The molecule has 7 nitrogen and oxygen atoms in total. The maximum atomic E-state index is 12.1. The molecule has 2 aromatic carbocycles. The molecule has 0 atom stereocenters. The van der Waals surface area contributed by atoms with E-state index < -0.39 is 0 Å². The first kappa shape index (κ1) is 23.6. The normalized spacial score (nSPS) is 11.6. The van der Waals surface area contributed by atoms with Gasteiger partial charge in [-0.3, -0.25) is 9.59 Å². The van der Waals surface area contributed by atoms with Gasteiger partial charge in [0, 0.05) is 44.3 Å². The smallest absolute Gasteiger partial charge is 0.257 e. The molecule has 0 saturated heterocycles. The summed E-state index contributed by atoms with van der Waals surface area (Å²) >= 11 is 0. The second-order valence-electron chi connectivity index (χ2n) is 8.32. The largest absolute Gasteiger partial charge is 0.345 e. The van der Waals surface area contributed by atoms with Crippen LogP contribution in [0.4, 0.5) is 23.0 Å². The molecule has 1 aliphatic rings. The van der Waals surface area contributed by atoms with E-state index in [0.29, 0.717) is 29.2 Å². The first-order valence-corrected chi connectivity index (χ1v) is 11.3. The molecule has 0 spiro atoms. The molecule has 0 aliphatic carbocycles. The highest BCUT2D eigenvalue weighted by atomic mass is 16.2. The fourth-order valence-electron chi connectivity index (χ4n) is 3.68. The highest BCUT2D eigenvalue weighted by Gasteiger charge is 2.19. The number of rotatable bonds is 3. The number of ketones is 1. The lowest BCUT2D eigenvalue weighted by atomic mass is 10.0. The van der Waals surface area contributed by atoms with Crippen molar-refractivity contribution < 1.29 is 9.59 Å². The standard InChI is InChI=1S/C15H17N3O.C13H10N2O/c1-11-7-4-5-9-13(11)17-14-12(8-6-10-16-14)15(19)18(2)3;16-12-8-9-4-1-2-6-11(9)15-13-10(12)5-3-7-14-13/h4-10H,1-3H3,(H,16,17);1-7H,8H2,(H,14,15). The van der Waals surface area contributed by atoms with Crippen LogP contribution in [0.5, 0.6) is 0 Å². The molecule has 7 heteroatoms. The number of nitrogens with one attached hydrogen (secondary N) is 2. The molecule has 35 heavy (non-hydrogen) atoms. The monoisotopic (exact) mass is 465 g/mol. The number of aryl methyl sites for hydroxylation is 1.